The summed E-state index contributed by atoms with van der Waals surface area (Å²) in [6, 6.07) is 11.6. The minimum atomic E-state index is -4.24. The van der Waals surface area contributed by atoms with Gasteiger partial charge in [-0.1, -0.05) is 36.4 Å². The first-order valence-corrected chi connectivity index (χ1v) is 11.4. The molecule has 10 heteroatoms. The standard InChI is InChI=1S/C20H22O7S2.Na.H/c1-3-17(13-15-5-9-19(10-6-15)28(21,22)23)27-18(4-2)14-16-7-11-20(12-8-16)29(24,25)26;;/h3-12,17-18H,1-2,13-14H2,(H,21,22,23)(H,24,25,26);;/q;+1;-1. The maximum atomic E-state index is 11.1. The van der Waals surface area contributed by atoms with E-state index in [2.05, 4.69) is 13.2 Å². The van der Waals surface area contributed by atoms with Crippen LogP contribution in [-0.2, 0) is 37.8 Å². The van der Waals surface area contributed by atoms with E-state index >= 15 is 0 Å². The van der Waals surface area contributed by atoms with Crippen molar-refractivity contribution in [2.45, 2.75) is 34.8 Å². The summed E-state index contributed by atoms with van der Waals surface area (Å²) in [6.07, 6.45) is 3.34. The van der Waals surface area contributed by atoms with Crippen LogP contribution in [-0.4, -0.2) is 38.1 Å². The topological polar surface area (TPSA) is 118 Å². The van der Waals surface area contributed by atoms with Crippen LogP contribution in [0.4, 0.5) is 0 Å². The Balaban J connectivity index is 0.00000450. The predicted octanol–water partition coefficient (Wildman–Crippen LogP) is 0.208. The fourth-order valence-electron chi connectivity index (χ4n) is 2.66. The molecule has 2 aromatic carbocycles. The maximum Gasteiger partial charge on any atom is 1.00 e. The van der Waals surface area contributed by atoms with Crippen molar-refractivity contribution >= 4 is 20.2 Å². The zero-order valence-electron chi connectivity index (χ0n) is 17.5. The summed E-state index contributed by atoms with van der Waals surface area (Å²) in [5, 5.41) is 0. The number of hydrogen-bond donors (Lipinski definition) is 2. The molecule has 158 valence electrons. The summed E-state index contributed by atoms with van der Waals surface area (Å²) in [4.78, 5) is -0.371. The molecule has 7 nitrogen and oxygen atoms in total. The van der Waals surface area contributed by atoms with Crippen molar-refractivity contribution in [2.75, 3.05) is 0 Å². The summed E-state index contributed by atoms with van der Waals surface area (Å²) < 4.78 is 68.5. The smallest absolute Gasteiger partial charge is 1.00 e. The van der Waals surface area contributed by atoms with Crippen LogP contribution < -0.4 is 29.6 Å². The number of rotatable bonds is 10. The van der Waals surface area contributed by atoms with Gasteiger partial charge in [0, 0.05) is 12.8 Å². The number of benzene rings is 2. The van der Waals surface area contributed by atoms with Crippen molar-refractivity contribution in [1.29, 1.82) is 0 Å². The zero-order chi connectivity index (χ0) is 21.7. The first kappa shape index (κ1) is 26.7. The average Bonchev–Trinajstić information content (AvgIpc) is 2.66. The molecule has 0 amide bonds. The van der Waals surface area contributed by atoms with Gasteiger partial charge in [-0.3, -0.25) is 9.11 Å². The Labute approximate surface area is 200 Å². The SMILES string of the molecule is C=CC(Cc1ccc(S(=O)(=O)O)cc1)OC(C=C)Cc1ccc(S(=O)(=O)O)cc1.[H-].[Na+]. The number of ether oxygens (including phenoxy) is 1. The first-order valence-electron chi connectivity index (χ1n) is 8.56. The Morgan fingerprint density at radius 2 is 1.07 bits per heavy atom. The fourth-order valence-corrected chi connectivity index (χ4v) is 3.62. The van der Waals surface area contributed by atoms with E-state index in [4.69, 9.17) is 13.8 Å². The van der Waals surface area contributed by atoms with Gasteiger partial charge in [0.05, 0.1) is 22.0 Å². The molecule has 2 rings (SSSR count). The van der Waals surface area contributed by atoms with Gasteiger partial charge in [0.25, 0.3) is 20.2 Å². The molecular formula is C20H23NaO7S2. The van der Waals surface area contributed by atoms with Gasteiger partial charge in [-0.25, -0.2) is 0 Å². The second-order valence-electron chi connectivity index (χ2n) is 6.33. The second kappa shape index (κ2) is 11.4. The van der Waals surface area contributed by atoms with E-state index in [-0.39, 0.29) is 53.0 Å². The van der Waals surface area contributed by atoms with Crippen LogP contribution in [0.3, 0.4) is 0 Å². The molecule has 0 heterocycles. The molecule has 0 saturated heterocycles. The molecule has 0 fully saturated rings. The van der Waals surface area contributed by atoms with Crippen LogP contribution in [0, 0.1) is 0 Å². The van der Waals surface area contributed by atoms with Gasteiger partial charge < -0.3 is 6.16 Å². The molecule has 0 saturated carbocycles. The second-order valence-corrected chi connectivity index (χ2v) is 9.17. The summed E-state index contributed by atoms with van der Waals surface area (Å²) in [5.74, 6) is 0. The average molecular weight is 463 g/mol. The van der Waals surface area contributed by atoms with Gasteiger partial charge in [0.1, 0.15) is 0 Å². The summed E-state index contributed by atoms with van der Waals surface area (Å²) in [7, 11) is -8.48. The molecule has 0 aliphatic rings. The molecule has 0 bridgehead atoms. The Morgan fingerprint density at radius 1 is 0.767 bits per heavy atom. The number of hydrogen-bond acceptors (Lipinski definition) is 5. The summed E-state index contributed by atoms with van der Waals surface area (Å²) >= 11 is 0. The normalized spacial score (nSPS) is 13.7. The molecule has 0 spiro atoms. The van der Waals surface area contributed by atoms with Gasteiger partial charge in [0.15, 0.2) is 0 Å². The van der Waals surface area contributed by atoms with E-state index in [1.54, 1.807) is 36.4 Å². The largest absolute Gasteiger partial charge is 1.00 e. The maximum absolute atomic E-state index is 11.1. The third-order valence-electron chi connectivity index (χ3n) is 4.19. The third kappa shape index (κ3) is 8.09. The molecule has 2 N–H and O–H groups in total. The van der Waals surface area contributed by atoms with Crippen molar-refractivity contribution in [3.05, 3.63) is 85.0 Å². The van der Waals surface area contributed by atoms with Gasteiger partial charge in [0.2, 0.25) is 0 Å². The van der Waals surface area contributed by atoms with Crippen LogP contribution in [0.25, 0.3) is 0 Å². The monoisotopic (exact) mass is 462 g/mol. The molecule has 0 aliphatic carbocycles. The third-order valence-corrected chi connectivity index (χ3v) is 5.93. The summed E-state index contributed by atoms with van der Waals surface area (Å²) in [6.45, 7) is 7.51. The van der Waals surface area contributed by atoms with Crippen molar-refractivity contribution in [2.24, 2.45) is 0 Å². The van der Waals surface area contributed by atoms with E-state index in [1.807, 2.05) is 0 Å². The molecule has 30 heavy (non-hydrogen) atoms. The Bertz CT molecular complexity index is 980. The van der Waals surface area contributed by atoms with Crippen molar-refractivity contribution in [3.63, 3.8) is 0 Å². The van der Waals surface area contributed by atoms with E-state index in [0.717, 1.165) is 11.1 Å². The minimum absolute atomic E-state index is 0. The quantitative estimate of drug-likeness (QED) is 0.294. The van der Waals surface area contributed by atoms with Crippen LogP contribution in [0.5, 0.6) is 0 Å². The zero-order valence-corrected chi connectivity index (χ0v) is 20.1. The molecule has 0 aliphatic heterocycles. The van der Waals surface area contributed by atoms with Gasteiger partial charge in [-0.2, -0.15) is 16.8 Å². The van der Waals surface area contributed by atoms with E-state index in [1.165, 1.54) is 24.3 Å². The summed E-state index contributed by atoms with van der Waals surface area (Å²) in [5.41, 5.74) is 1.59. The predicted molar refractivity (Wildman–Crippen MR) is 110 cm³/mol. The minimum Gasteiger partial charge on any atom is -1.00 e. The fraction of sp³-hybridized carbons (Fsp3) is 0.200. The molecule has 2 aromatic rings. The Hall–Kier alpha value is -1.30. The van der Waals surface area contributed by atoms with Crippen LogP contribution >= 0.6 is 0 Å². The van der Waals surface area contributed by atoms with Gasteiger partial charge >= 0.3 is 29.6 Å². The Kier molecular flexibility index (Phi) is 10.1. The molecule has 0 radical (unpaired) electrons. The van der Waals surface area contributed by atoms with Crippen LogP contribution in [0.15, 0.2) is 83.6 Å². The first-order chi connectivity index (χ1) is 13.5. The van der Waals surface area contributed by atoms with Crippen LogP contribution in [0.2, 0.25) is 0 Å². The van der Waals surface area contributed by atoms with Crippen molar-refractivity contribution < 1.29 is 61.7 Å². The van der Waals surface area contributed by atoms with E-state index < -0.39 is 20.2 Å². The van der Waals surface area contributed by atoms with E-state index in [0.29, 0.717) is 12.8 Å². The van der Waals surface area contributed by atoms with Gasteiger partial charge in [-0.05, 0) is 35.4 Å². The molecule has 0 aromatic heterocycles. The van der Waals surface area contributed by atoms with Crippen molar-refractivity contribution in [3.8, 4) is 0 Å². The van der Waals surface area contributed by atoms with Crippen LogP contribution in [0.1, 0.15) is 12.6 Å². The molecular weight excluding hydrogens is 439 g/mol. The molecule has 2 atom stereocenters. The van der Waals surface area contributed by atoms with Gasteiger partial charge in [-0.15, -0.1) is 13.2 Å². The van der Waals surface area contributed by atoms with Crippen molar-refractivity contribution in [1.82, 2.24) is 0 Å². The molecule has 2 unspecified atom stereocenters. The Morgan fingerprint density at radius 3 is 1.30 bits per heavy atom. The van der Waals surface area contributed by atoms with E-state index in [9.17, 15) is 16.8 Å².